The van der Waals surface area contributed by atoms with E-state index in [0.717, 1.165) is 31.6 Å². The average molecular weight is 270 g/mol. The zero-order chi connectivity index (χ0) is 14.1. The maximum absolute atomic E-state index is 5.76. The molecule has 0 unspecified atom stereocenters. The van der Waals surface area contributed by atoms with Crippen LogP contribution in [-0.4, -0.2) is 22.9 Å². The van der Waals surface area contributed by atoms with Gasteiger partial charge in [-0.1, -0.05) is 24.3 Å². The first-order chi connectivity index (χ1) is 9.70. The first kappa shape index (κ1) is 13.2. The van der Waals surface area contributed by atoms with Crippen LogP contribution in [0.15, 0.2) is 24.3 Å². The van der Waals surface area contributed by atoms with Gasteiger partial charge >= 0.3 is 0 Å². The third kappa shape index (κ3) is 2.20. The normalized spacial score (nSPS) is 14.4. The second-order valence-corrected chi connectivity index (χ2v) is 5.49. The first-order valence-corrected chi connectivity index (χ1v) is 7.25. The lowest BCUT2D eigenvalue weighted by Crippen LogP contribution is -2.32. The standard InChI is InChI=1S/C16H22N4/c1-12-15(7-9-17)16(19(2)18-12)20-10-8-13-5-3-4-6-14(13)11-20/h3-6H,7-11,17H2,1-2H3. The summed E-state index contributed by atoms with van der Waals surface area (Å²) in [6, 6.07) is 8.72. The molecule has 20 heavy (non-hydrogen) atoms. The molecule has 2 aromatic rings. The van der Waals surface area contributed by atoms with Crippen LogP contribution >= 0.6 is 0 Å². The van der Waals surface area contributed by atoms with Gasteiger partial charge in [-0.15, -0.1) is 0 Å². The molecule has 2 N–H and O–H groups in total. The van der Waals surface area contributed by atoms with E-state index in [4.69, 9.17) is 5.73 Å². The minimum atomic E-state index is 0.671. The van der Waals surface area contributed by atoms with Gasteiger partial charge in [-0.05, 0) is 37.4 Å². The summed E-state index contributed by atoms with van der Waals surface area (Å²) in [4.78, 5) is 2.44. The Hall–Kier alpha value is -1.81. The van der Waals surface area contributed by atoms with Crippen LogP contribution in [0.4, 0.5) is 5.82 Å². The van der Waals surface area contributed by atoms with Gasteiger partial charge in [0.1, 0.15) is 5.82 Å². The minimum Gasteiger partial charge on any atom is -0.352 e. The van der Waals surface area contributed by atoms with Crippen molar-refractivity contribution in [2.75, 3.05) is 18.0 Å². The number of anilines is 1. The van der Waals surface area contributed by atoms with Crippen molar-refractivity contribution in [2.24, 2.45) is 12.8 Å². The van der Waals surface area contributed by atoms with E-state index in [1.807, 2.05) is 11.7 Å². The van der Waals surface area contributed by atoms with Gasteiger partial charge in [0.2, 0.25) is 0 Å². The molecule has 2 heterocycles. The number of benzene rings is 1. The van der Waals surface area contributed by atoms with Gasteiger partial charge in [0.25, 0.3) is 0 Å². The lowest BCUT2D eigenvalue weighted by molar-refractivity contribution is 0.666. The Labute approximate surface area is 120 Å². The summed E-state index contributed by atoms with van der Waals surface area (Å²) in [7, 11) is 2.03. The van der Waals surface area contributed by atoms with E-state index in [0.29, 0.717) is 6.54 Å². The van der Waals surface area contributed by atoms with Crippen LogP contribution in [-0.2, 0) is 26.4 Å². The monoisotopic (exact) mass is 270 g/mol. The van der Waals surface area contributed by atoms with Gasteiger partial charge in [0, 0.05) is 25.7 Å². The van der Waals surface area contributed by atoms with Crippen molar-refractivity contribution in [3.05, 3.63) is 46.6 Å². The Bertz CT molecular complexity index is 615. The topological polar surface area (TPSA) is 47.1 Å². The molecule has 106 valence electrons. The van der Waals surface area contributed by atoms with Crippen molar-refractivity contribution in [1.29, 1.82) is 0 Å². The van der Waals surface area contributed by atoms with Gasteiger partial charge in [0.15, 0.2) is 0 Å². The van der Waals surface area contributed by atoms with Crippen LogP contribution in [0.25, 0.3) is 0 Å². The highest BCUT2D eigenvalue weighted by Gasteiger charge is 2.22. The maximum atomic E-state index is 5.76. The molecule has 4 heteroatoms. The van der Waals surface area contributed by atoms with Crippen molar-refractivity contribution >= 4 is 5.82 Å². The molecule has 0 amide bonds. The lowest BCUT2D eigenvalue weighted by Gasteiger charge is -2.31. The highest BCUT2D eigenvalue weighted by Crippen LogP contribution is 2.28. The van der Waals surface area contributed by atoms with E-state index in [1.165, 1.54) is 22.5 Å². The Morgan fingerprint density at radius 3 is 2.75 bits per heavy atom. The van der Waals surface area contributed by atoms with Crippen LogP contribution in [0.3, 0.4) is 0 Å². The number of rotatable bonds is 3. The molecule has 1 aromatic heterocycles. The smallest absolute Gasteiger partial charge is 0.130 e. The molecule has 0 saturated carbocycles. The van der Waals surface area contributed by atoms with Crippen molar-refractivity contribution in [1.82, 2.24) is 9.78 Å². The van der Waals surface area contributed by atoms with Crippen molar-refractivity contribution in [3.63, 3.8) is 0 Å². The Morgan fingerprint density at radius 2 is 2.00 bits per heavy atom. The fourth-order valence-corrected chi connectivity index (χ4v) is 3.20. The molecule has 4 nitrogen and oxygen atoms in total. The van der Waals surface area contributed by atoms with Crippen LogP contribution in [0.1, 0.15) is 22.4 Å². The molecule has 0 radical (unpaired) electrons. The van der Waals surface area contributed by atoms with Crippen LogP contribution in [0, 0.1) is 6.92 Å². The molecule has 0 atom stereocenters. The molecule has 0 saturated heterocycles. The number of fused-ring (bicyclic) bond motifs is 1. The first-order valence-electron chi connectivity index (χ1n) is 7.25. The average Bonchev–Trinajstić information content (AvgIpc) is 2.73. The highest BCUT2D eigenvalue weighted by molar-refractivity contribution is 5.52. The molecule has 3 rings (SSSR count). The van der Waals surface area contributed by atoms with E-state index in [-0.39, 0.29) is 0 Å². The quantitative estimate of drug-likeness (QED) is 0.925. The van der Waals surface area contributed by atoms with Gasteiger partial charge in [0.05, 0.1) is 5.69 Å². The Balaban J connectivity index is 1.95. The third-order valence-electron chi connectivity index (χ3n) is 4.14. The molecule has 1 aliphatic rings. The zero-order valence-electron chi connectivity index (χ0n) is 12.3. The number of aryl methyl sites for hydroxylation is 2. The van der Waals surface area contributed by atoms with Crippen LogP contribution in [0.2, 0.25) is 0 Å². The maximum Gasteiger partial charge on any atom is 0.130 e. The van der Waals surface area contributed by atoms with Crippen LogP contribution in [0.5, 0.6) is 0 Å². The van der Waals surface area contributed by atoms with E-state index < -0.39 is 0 Å². The molecule has 0 aliphatic carbocycles. The summed E-state index contributed by atoms with van der Waals surface area (Å²) in [6.07, 6.45) is 2.00. The molecule has 0 fully saturated rings. The van der Waals surface area contributed by atoms with E-state index in [1.54, 1.807) is 0 Å². The SMILES string of the molecule is Cc1nn(C)c(N2CCc3ccccc3C2)c1CCN. The number of aromatic nitrogens is 2. The van der Waals surface area contributed by atoms with Crippen molar-refractivity contribution < 1.29 is 0 Å². The predicted molar refractivity (Wildman–Crippen MR) is 81.9 cm³/mol. The molecule has 0 bridgehead atoms. The summed E-state index contributed by atoms with van der Waals surface area (Å²) < 4.78 is 2.01. The second-order valence-electron chi connectivity index (χ2n) is 5.49. The van der Waals surface area contributed by atoms with E-state index in [2.05, 4.69) is 41.2 Å². The summed E-state index contributed by atoms with van der Waals surface area (Å²) in [5.74, 6) is 1.24. The number of hydrogen-bond acceptors (Lipinski definition) is 3. The minimum absolute atomic E-state index is 0.671. The molecule has 1 aromatic carbocycles. The second kappa shape index (κ2) is 5.29. The fourth-order valence-electron chi connectivity index (χ4n) is 3.20. The molecular weight excluding hydrogens is 248 g/mol. The molecule has 0 spiro atoms. The van der Waals surface area contributed by atoms with Gasteiger partial charge in [-0.25, -0.2) is 0 Å². The van der Waals surface area contributed by atoms with Crippen molar-refractivity contribution in [2.45, 2.75) is 26.3 Å². The zero-order valence-corrected chi connectivity index (χ0v) is 12.3. The lowest BCUT2D eigenvalue weighted by atomic mass is 9.99. The van der Waals surface area contributed by atoms with Gasteiger partial charge in [-0.3, -0.25) is 4.68 Å². The van der Waals surface area contributed by atoms with Gasteiger partial charge < -0.3 is 10.6 Å². The highest BCUT2D eigenvalue weighted by atomic mass is 15.4. The summed E-state index contributed by atoms with van der Waals surface area (Å²) in [5.41, 5.74) is 11.1. The number of nitrogens with zero attached hydrogens (tertiary/aromatic N) is 3. The van der Waals surface area contributed by atoms with E-state index >= 15 is 0 Å². The van der Waals surface area contributed by atoms with Crippen LogP contribution < -0.4 is 10.6 Å². The number of hydrogen-bond donors (Lipinski definition) is 1. The van der Waals surface area contributed by atoms with E-state index in [9.17, 15) is 0 Å². The summed E-state index contributed by atoms with van der Waals surface area (Å²) in [5, 5.41) is 4.58. The predicted octanol–water partition coefficient (Wildman–Crippen LogP) is 1.79. The molecular formula is C16H22N4. The van der Waals surface area contributed by atoms with Crippen molar-refractivity contribution in [3.8, 4) is 0 Å². The van der Waals surface area contributed by atoms with Gasteiger partial charge in [-0.2, -0.15) is 5.10 Å². The Morgan fingerprint density at radius 1 is 1.25 bits per heavy atom. The Kier molecular flexibility index (Phi) is 3.49. The summed E-state index contributed by atoms with van der Waals surface area (Å²) in [6.45, 7) is 4.76. The molecule has 1 aliphatic heterocycles. The summed E-state index contributed by atoms with van der Waals surface area (Å²) >= 11 is 0. The largest absolute Gasteiger partial charge is 0.352 e. The fraction of sp³-hybridized carbons (Fsp3) is 0.438. The third-order valence-corrected chi connectivity index (χ3v) is 4.14. The number of nitrogens with two attached hydrogens (primary N) is 1.